The first-order valence-electron chi connectivity index (χ1n) is 10.3. The van der Waals surface area contributed by atoms with Crippen LogP contribution in [0.15, 0.2) is 66.9 Å². The molecule has 152 valence electrons. The molecule has 4 rings (SSSR count). The summed E-state index contributed by atoms with van der Waals surface area (Å²) in [7, 11) is 0. The van der Waals surface area contributed by atoms with Crippen LogP contribution in [0.3, 0.4) is 0 Å². The summed E-state index contributed by atoms with van der Waals surface area (Å²) >= 11 is 0. The van der Waals surface area contributed by atoms with E-state index in [9.17, 15) is 9.59 Å². The fraction of sp³-hybridized carbons (Fsp3) is 0.250. The largest absolute Gasteiger partial charge is 0.370 e. The molecule has 0 radical (unpaired) electrons. The first-order chi connectivity index (χ1) is 14.7. The number of amides is 2. The summed E-state index contributed by atoms with van der Waals surface area (Å²) in [6.45, 7) is 1.22. The molecule has 0 bridgehead atoms. The summed E-state index contributed by atoms with van der Waals surface area (Å²) in [6, 6.07) is 18.8. The normalized spacial score (nSPS) is 12.9. The highest BCUT2D eigenvalue weighted by molar-refractivity contribution is 6.21. The average Bonchev–Trinajstić information content (AvgIpc) is 3.03. The van der Waals surface area contributed by atoms with Crippen molar-refractivity contribution in [2.75, 3.05) is 18.4 Å². The molecule has 0 saturated heterocycles. The van der Waals surface area contributed by atoms with Crippen LogP contribution in [-0.4, -0.2) is 39.8 Å². The molecule has 0 saturated carbocycles. The highest BCUT2D eigenvalue weighted by Gasteiger charge is 2.34. The molecule has 0 atom stereocenters. The van der Waals surface area contributed by atoms with Crippen LogP contribution < -0.4 is 5.32 Å². The Hall–Kier alpha value is -3.54. The minimum absolute atomic E-state index is 0.202. The number of nitrogens with zero attached hydrogens (tertiary/aromatic N) is 3. The van der Waals surface area contributed by atoms with E-state index in [0.717, 1.165) is 36.6 Å². The van der Waals surface area contributed by atoms with E-state index < -0.39 is 0 Å². The quantitative estimate of drug-likeness (QED) is 0.437. The van der Waals surface area contributed by atoms with E-state index in [0.29, 0.717) is 30.5 Å². The van der Waals surface area contributed by atoms with Crippen LogP contribution in [0.2, 0.25) is 0 Å². The molecular formula is C24H24N4O2. The number of carbonyl (C=O) groups is 2. The molecule has 0 fully saturated rings. The van der Waals surface area contributed by atoms with Crippen molar-refractivity contribution in [3.63, 3.8) is 0 Å². The second kappa shape index (κ2) is 9.31. The second-order valence-electron chi connectivity index (χ2n) is 7.28. The molecule has 3 heterocycles. The number of benzene rings is 1. The van der Waals surface area contributed by atoms with E-state index in [1.54, 1.807) is 24.3 Å². The Morgan fingerprint density at radius 2 is 1.47 bits per heavy atom. The van der Waals surface area contributed by atoms with Gasteiger partial charge in [-0.05, 0) is 62.1 Å². The molecule has 1 aliphatic heterocycles. The zero-order valence-electron chi connectivity index (χ0n) is 16.8. The predicted molar refractivity (Wildman–Crippen MR) is 115 cm³/mol. The van der Waals surface area contributed by atoms with Gasteiger partial charge in [-0.3, -0.25) is 19.5 Å². The molecule has 3 aromatic rings. The molecule has 6 nitrogen and oxygen atoms in total. The Balaban J connectivity index is 1.24. The van der Waals surface area contributed by atoms with Gasteiger partial charge in [-0.25, -0.2) is 4.98 Å². The van der Waals surface area contributed by atoms with Crippen molar-refractivity contribution in [3.05, 3.63) is 89.4 Å². The number of imide groups is 1. The lowest BCUT2D eigenvalue weighted by Gasteiger charge is -2.13. The van der Waals surface area contributed by atoms with Gasteiger partial charge >= 0.3 is 0 Å². The molecule has 2 aromatic heterocycles. The summed E-state index contributed by atoms with van der Waals surface area (Å²) in [4.78, 5) is 35.2. The number of aromatic nitrogens is 2. The SMILES string of the molecule is O=C1c2ccccc2C(=O)N1CCCc1cccc(NCCCc2ccccn2)n1. The van der Waals surface area contributed by atoms with Crippen molar-refractivity contribution in [2.24, 2.45) is 0 Å². The first-order valence-corrected chi connectivity index (χ1v) is 10.3. The molecular weight excluding hydrogens is 376 g/mol. The number of aryl methyl sites for hydroxylation is 2. The van der Waals surface area contributed by atoms with E-state index in [2.05, 4.69) is 15.3 Å². The molecule has 0 spiro atoms. The van der Waals surface area contributed by atoms with Crippen molar-refractivity contribution in [3.8, 4) is 0 Å². The minimum atomic E-state index is -0.202. The van der Waals surface area contributed by atoms with Gasteiger partial charge in [-0.1, -0.05) is 24.3 Å². The Kier molecular flexibility index (Phi) is 6.13. The predicted octanol–water partition coefficient (Wildman–Crippen LogP) is 3.75. The third kappa shape index (κ3) is 4.54. The summed E-state index contributed by atoms with van der Waals surface area (Å²) in [5, 5.41) is 3.36. The van der Waals surface area contributed by atoms with Crippen LogP contribution in [-0.2, 0) is 12.8 Å². The van der Waals surface area contributed by atoms with E-state index in [4.69, 9.17) is 0 Å². The van der Waals surface area contributed by atoms with Crippen molar-refractivity contribution in [1.82, 2.24) is 14.9 Å². The van der Waals surface area contributed by atoms with Crippen LogP contribution in [0.25, 0.3) is 0 Å². The van der Waals surface area contributed by atoms with Gasteiger partial charge in [-0.2, -0.15) is 0 Å². The van der Waals surface area contributed by atoms with Crippen LogP contribution in [0.1, 0.15) is 44.9 Å². The number of pyridine rings is 2. The molecule has 0 unspecified atom stereocenters. The highest BCUT2D eigenvalue weighted by Crippen LogP contribution is 2.22. The maximum Gasteiger partial charge on any atom is 0.261 e. The lowest BCUT2D eigenvalue weighted by atomic mass is 10.1. The maximum absolute atomic E-state index is 12.4. The number of anilines is 1. The summed E-state index contributed by atoms with van der Waals surface area (Å²) in [5.41, 5.74) is 3.03. The number of hydrogen-bond acceptors (Lipinski definition) is 5. The fourth-order valence-corrected chi connectivity index (χ4v) is 3.61. The minimum Gasteiger partial charge on any atom is -0.370 e. The van der Waals surface area contributed by atoms with Gasteiger partial charge in [0.1, 0.15) is 5.82 Å². The summed E-state index contributed by atoms with van der Waals surface area (Å²) in [5.74, 6) is 0.438. The Labute approximate surface area is 176 Å². The van der Waals surface area contributed by atoms with Crippen molar-refractivity contribution in [1.29, 1.82) is 0 Å². The molecule has 2 amide bonds. The van der Waals surface area contributed by atoms with E-state index in [-0.39, 0.29) is 11.8 Å². The van der Waals surface area contributed by atoms with Crippen molar-refractivity contribution >= 4 is 17.6 Å². The van der Waals surface area contributed by atoms with Crippen molar-refractivity contribution in [2.45, 2.75) is 25.7 Å². The lowest BCUT2D eigenvalue weighted by molar-refractivity contribution is 0.0652. The van der Waals surface area contributed by atoms with Gasteiger partial charge in [0.25, 0.3) is 11.8 Å². The smallest absolute Gasteiger partial charge is 0.261 e. The number of nitrogens with one attached hydrogen (secondary N) is 1. The lowest BCUT2D eigenvalue weighted by Crippen LogP contribution is -2.31. The van der Waals surface area contributed by atoms with Gasteiger partial charge in [0, 0.05) is 30.7 Å². The van der Waals surface area contributed by atoms with E-state index >= 15 is 0 Å². The number of rotatable bonds is 9. The van der Waals surface area contributed by atoms with Crippen LogP contribution in [0, 0.1) is 0 Å². The topological polar surface area (TPSA) is 75.2 Å². The zero-order chi connectivity index (χ0) is 20.8. The molecule has 1 aromatic carbocycles. The first kappa shape index (κ1) is 19.8. The molecule has 0 aliphatic carbocycles. The molecule has 30 heavy (non-hydrogen) atoms. The Morgan fingerprint density at radius 3 is 2.20 bits per heavy atom. The zero-order valence-corrected chi connectivity index (χ0v) is 16.8. The standard InChI is InChI=1S/C24H24N4O2/c29-23-20-12-1-2-13-21(20)24(30)28(23)17-7-11-19-9-5-14-22(27-19)26-16-6-10-18-8-3-4-15-25-18/h1-5,8-9,12-15H,6-7,10-11,16-17H2,(H,26,27). The monoisotopic (exact) mass is 400 g/mol. The van der Waals surface area contributed by atoms with Crippen LogP contribution >= 0.6 is 0 Å². The Morgan fingerprint density at radius 1 is 0.767 bits per heavy atom. The van der Waals surface area contributed by atoms with Crippen LogP contribution in [0.5, 0.6) is 0 Å². The molecule has 1 N–H and O–H groups in total. The summed E-state index contributed by atoms with van der Waals surface area (Å²) < 4.78 is 0. The van der Waals surface area contributed by atoms with E-state index in [1.807, 2.05) is 42.6 Å². The number of hydrogen-bond donors (Lipinski definition) is 1. The van der Waals surface area contributed by atoms with Crippen molar-refractivity contribution < 1.29 is 9.59 Å². The fourth-order valence-electron chi connectivity index (χ4n) is 3.61. The van der Waals surface area contributed by atoms with Gasteiger partial charge in [-0.15, -0.1) is 0 Å². The van der Waals surface area contributed by atoms with Gasteiger partial charge in [0.05, 0.1) is 11.1 Å². The van der Waals surface area contributed by atoms with Gasteiger partial charge in [0.15, 0.2) is 0 Å². The third-order valence-corrected chi connectivity index (χ3v) is 5.14. The second-order valence-corrected chi connectivity index (χ2v) is 7.28. The number of carbonyl (C=O) groups excluding carboxylic acids is 2. The highest BCUT2D eigenvalue weighted by atomic mass is 16.2. The molecule has 6 heteroatoms. The maximum atomic E-state index is 12.4. The Bertz CT molecular complexity index is 1000. The van der Waals surface area contributed by atoms with Crippen LogP contribution in [0.4, 0.5) is 5.82 Å². The summed E-state index contributed by atoms with van der Waals surface area (Å²) in [6.07, 6.45) is 5.10. The van der Waals surface area contributed by atoms with E-state index in [1.165, 1.54) is 4.90 Å². The third-order valence-electron chi connectivity index (χ3n) is 5.14. The molecule has 1 aliphatic rings. The number of fused-ring (bicyclic) bond motifs is 1. The van der Waals surface area contributed by atoms with Gasteiger partial charge in [0.2, 0.25) is 0 Å². The van der Waals surface area contributed by atoms with Gasteiger partial charge < -0.3 is 5.32 Å². The average molecular weight is 400 g/mol.